The van der Waals surface area contributed by atoms with Crippen molar-refractivity contribution in [3.05, 3.63) is 30.1 Å². The lowest BCUT2D eigenvalue weighted by Gasteiger charge is -2.11. The van der Waals surface area contributed by atoms with E-state index in [1.165, 1.54) is 89.2 Å². The van der Waals surface area contributed by atoms with Gasteiger partial charge in [-0.05, 0) is 6.42 Å². The van der Waals surface area contributed by atoms with Gasteiger partial charge in [0, 0.05) is 25.5 Å². The maximum atomic E-state index is 6.20. The van der Waals surface area contributed by atoms with E-state index in [4.69, 9.17) is 11.6 Å². The number of pyridine rings is 1. The fraction of sp³-hybridized carbons (Fsp3) is 0.773. The summed E-state index contributed by atoms with van der Waals surface area (Å²) in [7, 11) is 0. The summed E-state index contributed by atoms with van der Waals surface area (Å²) in [5, 5.41) is 0. The summed E-state index contributed by atoms with van der Waals surface area (Å²) in [6.07, 6.45) is 20.3. The molecule has 2 heteroatoms. The van der Waals surface area contributed by atoms with Gasteiger partial charge in [-0.3, -0.25) is 0 Å². The van der Waals surface area contributed by atoms with Crippen LogP contribution in [0, 0.1) is 6.92 Å². The van der Waals surface area contributed by atoms with Crippen molar-refractivity contribution >= 4 is 11.6 Å². The van der Waals surface area contributed by atoms with Gasteiger partial charge in [0.05, 0.1) is 5.88 Å². The van der Waals surface area contributed by atoms with Crippen molar-refractivity contribution in [1.29, 1.82) is 0 Å². The zero-order chi connectivity index (χ0) is 17.5. The topological polar surface area (TPSA) is 3.88 Å². The Bertz CT molecular complexity index is 405. The molecular formula is C22H39ClN+. The van der Waals surface area contributed by atoms with E-state index in [0.29, 0.717) is 11.9 Å². The highest BCUT2D eigenvalue weighted by Gasteiger charge is 2.18. The summed E-state index contributed by atoms with van der Waals surface area (Å²) >= 11 is 6.20. The van der Waals surface area contributed by atoms with Crippen molar-refractivity contribution in [2.45, 2.75) is 103 Å². The number of alkyl halides is 1. The number of rotatable bonds is 15. The summed E-state index contributed by atoms with van der Waals surface area (Å²) < 4.78 is 2.34. The molecule has 0 unspecified atom stereocenters. The number of halogens is 1. The van der Waals surface area contributed by atoms with Crippen LogP contribution in [0.3, 0.4) is 0 Å². The van der Waals surface area contributed by atoms with Crippen molar-refractivity contribution in [2.75, 3.05) is 5.88 Å². The molecule has 0 aliphatic carbocycles. The standard InChI is InChI=1S/C22H39ClN/c1-3-4-5-6-7-8-9-10-11-12-13-14-18-22(20-23)24-19-16-15-17-21(24)2/h15-17,19,22H,3-14,18,20H2,1-2H3/q+1/t22-/m0/s1. The van der Waals surface area contributed by atoms with Crippen LogP contribution in [0.4, 0.5) is 0 Å². The van der Waals surface area contributed by atoms with Crippen molar-refractivity contribution in [1.82, 2.24) is 0 Å². The number of aromatic nitrogens is 1. The number of unbranched alkanes of at least 4 members (excludes halogenated alkanes) is 11. The van der Waals surface area contributed by atoms with Gasteiger partial charge in [0.15, 0.2) is 17.9 Å². The summed E-state index contributed by atoms with van der Waals surface area (Å²) in [4.78, 5) is 0. The van der Waals surface area contributed by atoms with Crippen LogP contribution in [0.5, 0.6) is 0 Å². The van der Waals surface area contributed by atoms with Gasteiger partial charge in [-0.2, -0.15) is 4.57 Å². The Hall–Kier alpha value is -0.560. The first-order chi connectivity index (χ1) is 11.8. The first-order valence-corrected chi connectivity index (χ1v) is 10.9. The van der Waals surface area contributed by atoms with Crippen molar-refractivity contribution in [3.8, 4) is 0 Å². The average Bonchev–Trinajstić information content (AvgIpc) is 2.60. The van der Waals surface area contributed by atoms with Crippen molar-refractivity contribution < 1.29 is 4.57 Å². The van der Waals surface area contributed by atoms with Crippen LogP contribution >= 0.6 is 11.6 Å². The molecule has 0 aliphatic rings. The molecule has 0 radical (unpaired) electrons. The molecule has 0 bridgehead atoms. The molecule has 0 aliphatic heterocycles. The SMILES string of the molecule is CCCCCCCCCCCCCC[C@@H](CCl)[n+]1ccccc1C. The van der Waals surface area contributed by atoms with E-state index in [1.807, 2.05) is 0 Å². The Balaban J connectivity index is 1.98. The Labute approximate surface area is 155 Å². The lowest BCUT2D eigenvalue weighted by atomic mass is 10.0. The lowest BCUT2D eigenvalue weighted by Crippen LogP contribution is -2.42. The zero-order valence-corrected chi connectivity index (χ0v) is 16.9. The van der Waals surface area contributed by atoms with Crippen molar-refractivity contribution in [3.63, 3.8) is 0 Å². The minimum Gasteiger partial charge on any atom is -0.199 e. The summed E-state index contributed by atoms with van der Waals surface area (Å²) in [6, 6.07) is 6.83. The van der Waals surface area contributed by atoms with Crippen LogP contribution < -0.4 is 4.57 Å². The largest absolute Gasteiger partial charge is 0.199 e. The molecule has 1 aromatic rings. The van der Waals surface area contributed by atoms with E-state index >= 15 is 0 Å². The minimum atomic E-state index is 0.455. The summed E-state index contributed by atoms with van der Waals surface area (Å²) in [6.45, 7) is 4.46. The highest BCUT2D eigenvalue weighted by Crippen LogP contribution is 2.16. The smallest absolute Gasteiger partial charge is 0.178 e. The Morgan fingerprint density at radius 3 is 1.88 bits per heavy atom. The lowest BCUT2D eigenvalue weighted by molar-refractivity contribution is -0.724. The van der Waals surface area contributed by atoms with Crippen LogP contribution in [0.25, 0.3) is 0 Å². The minimum absolute atomic E-state index is 0.455. The van der Waals surface area contributed by atoms with E-state index < -0.39 is 0 Å². The Morgan fingerprint density at radius 2 is 1.38 bits per heavy atom. The van der Waals surface area contributed by atoms with E-state index in [9.17, 15) is 0 Å². The number of hydrogen-bond donors (Lipinski definition) is 0. The summed E-state index contributed by atoms with van der Waals surface area (Å²) in [5.74, 6) is 0.716. The van der Waals surface area contributed by atoms with Gasteiger partial charge in [-0.1, -0.05) is 83.6 Å². The van der Waals surface area contributed by atoms with Gasteiger partial charge in [-0.25, -0.2) is 0 Å². The Kier molecular flexibility index (Phi) is 13.2. The second kappa shape index (κ2) is 14.8. The third kappa shape index (κ3) is 9.67. The van der Waals surface area contributed by atoms with Gasteiger partial charge in [0.25, 0.3) is 0 Å². The van der Waals surface area contributed by atoms with Gasteiger partial charge in [0.2, 0.25) is 0 Å². The molecule has 0 saturated heterocycles. The number of hydrogen-bond acceptors (Lipinski definition) is 0. The molecule has 0 saturated carbocycles. The zero-order valence-electron chi connectivity index (χ0n) is 16.1. The van der Waals surface area contributed by atoms with Crippen LogP contribution in [0.15, 0.2) is 24.4 Å². The second-order valence-corrected chi connectivity index (χ2v) is 7.54. The molecule has 0 amide bonds. The molecular weight excluding hydrogens is 314 g/mol. The fourth-order valence-corrected chi connectivity index (χ4v) is 3.77. The summed E-state index contributed by atoms with van der Waals surface area (Å²) in [5.41, 5.74) is 1.31. The molecule has 1 heterocycles. The maximum Gasteiger partial charge on any atom is 0.178 e. The van der Waals surface area contributed by atoms with Gasteiger partial charge in [-0.15, -0.1) is 11.6 Å². The predicted molar refractivity (Wildman–Crippen MR) is 107 cm³/mol. The molecule has 1 nitrogen and oxygen atoms in total. The third-order valence-corrected chi connectivity index (χ3v) is 5.42. The van der Waals surface area contributed by atoms with Gasteiger partial charge in [0.1, 0.15) is 0 Å². The van der Waals surface area contributed by atoms with Crippen LogP contribution in [0.1, 0.15) is 102 Å². The Morgan fingerprint density at radius 1 is 0.833 bits per heavy atom. The normalized spacial score (nSPS) is 12.5. The van der Waals surface area contributed by atoms with Gasteiger partial charge < -0.3 is 0 Å². The van der Waals surface area contributed by atoms with Gasteiger partial charge >= 0.3 is 0 Å². The average molecular weight is 353 g/mol. The van der Waals surface area contributed by atoms with Crippen molar-refractivity contribution in [2.24, 2.45) is 0 Å². The second-order valence-electron chi connectivity index (χ2n) is 7.24. The maximum absolute atomic E-state index is 6.20. The predicted octanol–water partition coefficient (Wildman–Crippen LogP) is 7.15. The van der Waals surface area contributed by atoms with E-state index in [1.54, 1.807) is 0 Å². The monoisotopic (exact) mass is 352 g/mol. The van der Waals surface area contributed by atoms with E-state index in [-0.39, 0.29) is 0 Å². The molecule has 0 aromatic carbocycles. The highest BCUT2D eigenvalue weighted by atomic mass is 35.5. The fourth-order valence-electron chi connectivity index (χ4n) is 3.46. The first-order valence-electron chi connectivity index (χ1n) is 10.3. The van der Waals surface area contributed by atoms with Crippen LogP contribution in [-0.4, -0.2) is 5.88 Å². The third-order valence-electron chi connectivity index (χ3n) is 5.06. The molecule has 0 spiro atoms. The molecule has 0 fully saturated rings. The first kappa shape index (κ1) is 21.5. The quantitative estimate of drug-likeness (QED) is 0.179. The molecule has 138 valence electrons. The van der Waals surface area contributed by atoms with E-state index in [2.05, 4.69) is 42.8 Å². The molecule has 0 N–H and O–H groups in total. The highest BCUT2D eigenvalue weighted by molar-refractivity contribution is 6.18. The molecule has 1 rings (SSSR count). The van der Waals surface area contributed by atoms with Crippen LogP contribution in [-0.2, 0) is 0 Å². The van der Waals surface area contributed by atoms with E-state index in [0.717, 1.165) is 0 Å². The molecule has 1 aromatic heterocycles. The molecule has 24 heavy (non-hydrogen) atoms. The van der Waals surface area contributed by atoms with Crippen LogP contribution in [0.2, 0.25) is 0 Å². The molecule has 1 atom stereocenters. The number of aryl methyl sites for hydroxylation is 1. The number of nitrogens with zero attached hydrogens (tertiary/aromatic N) is 1.